The summed E-state index contributed by atoms with van der Waals surface area (Å²) in [6, 6.07) is 5.84. The summed E-state index contributed by atoms with van der Waals surface area (Å²) < 4.78 is 16.6. The molecule has 0 aliphatic carbocycles. The standard InChI is InChI=1S/C23H23FN7PS/c1-14-9-18(24)21(29-23(14)33-2)30-7-4-15(11-30)19(3-6-25)31-12-16(10-28-31)20-17-5-8-32-22(17)27-13-26-20/h5,8-10,12-13,15,19,32H,3-4,7,11H2,1-2H3. The van der Waals surface area contributed by atoms with Crippen LogP contribution in [0.15, 0.2) is 41.7 Å². The summed E-state index contributed by atoms with van der Waals surface area (Å²) in [4.78, 5) is 15.4. The second-order valence-corrected chi connectivity index (χ2v) is 10.1. The van der Waals surface area contributed by atoms with Gasteiger partial charge in [0, 0.05) is 36.2 Å². The summed E-state index contributed by atoms with van der Waals surface area (Å²) in [6.45, 7) is 3.21. The number of pyridine rings is 1. The molecule has 0 saturated carbocycles. The number of anilines is 1. The van der Waals surface area contributed by atoms with Gasteiger partial charge in [-0.15, -0.1) is 20.0 Å². The molecule has 33 heavy (non-hydrogen) atoms. The summed E-state index contributed by atoms with van der Waals surface area (Å²) in [7, 11) is 0.562. The highest BCUT2D eigenvalue weighted by atomic mass is 32.2. The zero-order valence-electron chi connectivity index (χ0n) is 18.4. The van der Waals surface area contributed by atoms with Gasteiger partial charge >= 0.3 is 0 Å². The van der Waals surface area contributed by atoms with Crippen LogP contribution in [0, 0.1) is 30.0 Å². The molecule has 0 N–H and O–H groups in total. The van der Waals surface area contributed by atoms with Crippen LogP contribution < -0.4 is 4.90 Å². The van der Waals surface area contributed by atoms with Gasteiger partial charge in [-0.25, -0.2) is 19.3 Å². The van der Waals surface area contributed by atoms with Gasteiger partial charge in [0.25, 0.3) is 0 Å². The van der Waals surface area contributed by atoms with Gasteiger partial charge in [-0.3, -0.25) is 4.68 Å². The van der Waals surface area contributed by atoms with Gasteiger partial charge in [-0.2, -0.15) is 10.4 Å². The van der Waals surface area contributed by atoms with Crippen molar-refractivity contribution in [3.05, 3.63) is 48.0 Å². The third-order valence-electron chi connectivity index (χ3n) is 6.23. The smallest absolute Gasteiger partial charge is 0.166 e. The van der Waals surface area contributed by atoms with Crippen LogP contribution in [-0.2, 0) is 0 Å². The number of halogens is 1. The molecule has 0 bridgehead atoms. The lowest BCUT2D eigenvalue weighted by atomic mass is 9.96. The van der Waals surface area contributed by atoms with E-state index < -0.39 is 0 Å². The number of aromatic nitrogens is 5. The fourth-order valence-corrected chi connectivity index (χ4v) is 6.05. The second kappa shape index (κ2) is 9.12. The van der Waals surface area contributed by atoms with E-state index in [4.69, 9.17) is 0 Å². The molecule has 7 nitrogen and oxygen atoms in total. The molecule has 168 valence electrons. The van der Waals surface area contributed by atoms with E-state index in [1.807, 2.05) is 29.0 Å². The summed E-state index contributed by atoms with van der Waals surface area (Å²) >= 11 is 1.52. The second-order valence-electron chi connectivity index (χ2n) is 8.22. The maximum Gasteiger partial charge on any atom is 0.166 e. The molecule has 4 aromatic heterocycles. The lowest BCUT2D eigenvalue weighted by Gasteiger charge is -2.23. The third kappa shape index (κ3) is 4.09. The molecule has 5 heterocycles. The molecule has 3 atom stereocenters. The number of hydrogen-bond donors (Lipinski definition) is 0. The van der Waals surface area contributed by atoms with Crippen molar-refractivity contribution in [2.24, 2.45) is 5.92 Å². The monoisotopic (exact) mass is 479 g/mol. The summed E-state index contributed by atoms with van der Waals surface area (Å²) in [5.74, 6) is 2.37. The fourth-order valence-electron chi connectivity index (χ4n) is 4.59. The largest absolute Gasteiger partial charge is 0.354 e. The minimum atomic E-state index is -0.296. The Morgan fingerprint density at radius 1 is 1.39 bits per heavy atom. The van der Waals surface area contributed by atoms with Crippen LogP contribution in [0.1, 0.15) is 24.4 Å². The normalized spacial score (nSPS) is 17.2. The van der Waals surface area contributed by atoms with Crippen molar-refractivity contribution in [2.45, 2.75) is 30.8 Å². The van der Waals surface area contributed by atoms with Gasteiger partial charge in [-0.1, -0.05) is 0 Å². The van der Waals surface area contributed by atoms with E-state index in [1.165, 1.54) is 11.8 Å². The highest BCUT2D eigenvalue weighted by molar-refractivity contribution is 7.98. The SMILES string of the molecule is CSc1nc(N2CCC(C(CC#N)n3cc(-c4ncnc5[pH]ccc45)cn3)C2)c(F)cc1C. The van der Waals surface area contributed by atoms with E-state index in [0.29, 0.717) is 33.5 Å². The Kier molecular flexibility index (Phi) is 6.05. The predicted molar refractivity (Wildman–Crippen MR) is 131 cm³/mol. The van der Waals surface area contributed by atoms with E-state index >= 15 is 0 Å². The van der Waals surface area contributed by atoms with E-state index in [1.54, 1.807) is 18.6 Å². The van der Waals surface area contributed by atoms with Crippen LogP contribution >= 0.6 is 20.0 Å². The topological polar surface area (TPSA) is 83.5 Å². The molecule has 0 aromatic carbocycles. The van der Waals surface area contributed by atoms with Crippen molar-refractivity contribution >= 4 is 36.4 Å². The zero-order valence-corrected chi connectivity index (χ0v) is 20.2. The van der Waals surface area contributed by atoms with Crippen LogP contribution in [0.5, 0.6) is 0 Å². The van der Waals surface area contributed by atoms with Crippen molar-refractivity contribution in [1.82, 2.24) is 24.7 Å². The van der Waals surface area contributed by atoms with Crippen LogP contribution in [0.25, 0.3) is 21.9 Å². The molecule has 3 unspecified atom stereocenters. The highest BCUT2D eigenvalue weighted by Crippen LogP contribution is 2.36. The average Bonchev–Trinajstić information content (AvgIpc) is 3.58. The Bertz CT molecular complexity index is 1340. The fraction of sp³-hybridized carbons (Fsp3) is 0.348. The first-order valence-corrected chi connectivity index (χ1v) is 13.0. The van der Waals surface area contributed by atoms with Crippen molar-refractivity contribution in [3.8, 4) is 17.3 Å². The molecule has 1 saturated heterocycles. The number of nitriles is 1. The van der Waals surface area contributed by atoms with Gasteiger partial charge in [0.15, 0.2) is 11.6 Å². The molecule has 1 fully saturated rings. The number of fused-ring (bicyclic) bond motifs is 1. The number of thioether (sulfide) groups is 1. The minimum Gasteiger partial charge on any atom is -0.354 e. The molecule has 1 aliphatic heterocycles. The van der Waals surface area contributed by atoms with Crippen LogP contribution in [0.4, 0.5) is 10.2 Å². The molecule has 4 aromatic rings. The third-order valence-corrected chi connectivity index (χ3v) is 8.04. The molecule has 0 radical (unpaired) electrons. The summed E-state index contributed by atoms with van der Waals surface area (Å²) in [5.41, 5.74) is 2.63. The van der Waals surface area contributed by atoms with Crippen molar-refractivity contribution in [3.63, 3.8) is 0 Å². The first-order valence-electron chi connectivity index (χ1n) is 10.7. The van der Waals surface area contributed by atoms with E-state index in [0.717, 1.165) is 38.9 Å². The Labute approximate surface area is 197 Å². The quantitative estimate of drug-likeness (QED) is 0.357. The van der Waals surface area contributed by atoms with E-state index in [9.17, 15) is 9.65 Å². The molecular weight excluding hydrogens is 456 g/mol. The summed E-state index contributed by atoms with van der Waals surface area (Å²) in [6.07, 6.45) is 8.50. The van der Waals surface area contributed by atoms with Crippen LogP contribution in [0.3, 0.4) is 0 Å². The van der Waals surface area contributed by atoms with Crippen molar-refractivity contribution in [2.75, 3.05) is 24.2 Å². The lowest BCUT2D eigenvalue weighted by Crippen LogP contribution is -2.26. The van der Waals surface area contributed by atoms with Gasteiger partial charge in [0.2, 0.25) is 0 Å². The number of rotatable bonds is 6. The van der Waals surface area contributed by atoms with E-state index in [2.05, 4.69) is 38.0 Å². The van der Waals surface area contributed by atoms with Crippen LogP contribution in [-0.4, -0.2) is 44.1 Å². The maximum absolute atomic E-state index is 14.7. The minimum absolute atomic E-state index is 0.102. The van der Waals surface area contributed by atoms with Crippen LogP contribution in [0.2, 0.25) is 0 Å². The zero-order chi connectivity index (χ0) is 22.9. The average molecular weight is 480 g/mol. The van der Waals surface area contributed by atoms with Gasteiger partial charge in [-0.05, 0) is 43.1 Å². The molecule has 0 spiro atoms. The number of aryl methyl sites for hydroxylation is 1. The summed E-state index contributed by atoms with van der Waals surface area (Å²) in [5, 5.41) is 17.1. The van der Waals surface area contributed by atoms with E-state index in [-0.39, 0.29) is 17.8 Å². The Hall–Kier alpha value is -2.95. The van der Waals surface area contributed by atoms with Crippen molar-refractivity contribution < 1.29 is 4.39 Å². The first kappa shape index (κ1) is 21.9. The molecule has 10 heteroatoms. The Morgan fingerprint density at radius 2 is 2.27 bits per heavy atom. The predicted octanol–water partition coefficient (Wildman–Crippen LogP) is 5.07. The Morgan fingerprint density at radius 3 is 3.09 bits per heavy atom. The number of nitrogens with zero attached hydrogens (tertiary/aromatic N) is 7. The highest BCUT2D eigenvalue weighted by Gasteiger charge is 2.33. The van der Waals surface area contributed by atoms with Gasteiger partial charge in [0.1, 0.15) is 11.4 Å². The Balaban J connectivity index is 1.41. The van der Waals surface area contributed by atoms with Gasteiger partial charge < -0.3 is 4.90 Å². The van der Waals surface area contributed by atoms with Gasteiger partial charge in [0.05, 0.1) is 35.7 Å². The molecule has 5 rings (SSSR count). The lowest BCUT2D eigenvalue weighted by molar-refractivity contribution is 0.331. The molecular formula is C23H23FN7PS. The number of hydrogen-bond acceptors (Lipinski definition) is 7. The molecule has 1 aliphatic rings. The van der Waals surface area contributed by atoms with Crippen molar-refractivity contribution in [1.29, 1.82) is 5.26 Å². The first-order chi connectivity index (χ1) is 16.1. The molecule has 0 amide bonds. The maximum atomic E-state index is 14.7.